The summed E-state index contributed by atoms with van der Waals surface area (Å²) in [6.45, 7) is 9.28. The number of hydrogen-bond acceptors (Lipinski definition) is 8. The van der Waals surface area contributed by atoms with Crippen LogP contribution in [0.5, 0.6) is 0 Å². The molecule has 0 saturated heterocycles. The number of nitrogens with one attached hydrogen (secondary N) is 4. The van der Waals surface area contributed by atoms with Gasteiger partial charge in [0.2, 0.25) is 0 Å². The fraction of sp³-hybridized carbons (Fsp3) is 0.529. The number of carbonyl (C=O) groups excluding carboxylic acids is 4. The molecule has 0 spiro atoms. The largest absolute Gasteiger partial charge is 0.450 e. The van der Waals surface area contributed by atoms with Crippen molar-refractivity contribution >= 4 is 24.0 Å². The number of imide groups is 2. The van der Waals surface area contributed by atoms with Crippen LogP contribution < -0.4 is 21.3 Å². The van der Waals surface area contributed by atoms with Gasteiger partial charge in [-0.25, -0.2) is 9.59 Å². The van der Waals surface area contributed by atoms with Crippen LogP contribution in [0.15, 0.2) is 23.5 Å². The number of ether oxygens (including phenoxy) is 2. The maximum atomic E-state index is 11.6. The minimum atomic E-state index is -0.803. The molecule has 0 aromatic carbocycles. The van der Waals surface area contributed by atoms with Crippen molar-refractivity contribution in [3.05, 3.63) is 23.5 Å². The number of allylic oxidation sites excluding steroid dienone is 2. The Bertz CT molecular complexity index is 600. The molecule has 0 heterocycles. The first-order chi connectivity index (χ1) is 12.7. The first-order valence-corrected chi connectivity index (χ1v) is 8.50. The molecule has 0 aromatic rings. The number of alkyl carbamates (subject to hydrolysis) is 2. The van der Waals surface area contributed by atoms with Crippen molar-refractivity contribution in [3.8, 4) is 0 Å². The van der Waals surface area contributed by atoms with E-state index in [0.29, 0.717) is 17.9 Å². The first kappa shape index (κ1) is 24.0. The SMILES string of the molecule is CCOC(=O)NC(=O)/C=C(\C)NC[C@H](C)N/C(C)=C/C(=O)NC(=O)OCC. The smallest absolute Gasteiger partial charge is 0.414 e. The van der Waals surface area contributed by atoms with Crippen LogP contribution in [0.1, 0.15) is 34.6 Å². The molecule has 10 heteroatoms. The van der Waals surface area contributed by atoms with Gasteiger partial charge in [-0.3, -0.25) is 20.2 Å². The summed E-state index contributed by atoms with van der Waals surface area (Å²) in [7, 11) is 0. The zero-order valence-corrected chi connectivity index (χ0v) is 16.3. The molecule has 0 radical (unpaired) electrons. The molecule has 0 fully saturated rings. The summed E-state index contributed by atoms with van der Waals surface area (Å²) >= 11 is 0. The minimum absolute atomic E-state index is 0.0897. The van der Waals surface area contributed by atoms with Gasteiger partial charge in [0.1, 0.15) is 0 Å². The van der Waals surface area contributed by atoms with Crippen LogP contribution in [0.4, 0.5) is 9.59 Å². The third-order valence-electron chi connectivity index (χ3n) is 2.86. The van der Waals surface area contributed by atoms with Crippen molar-refractivity contribution in [2.24, 2.45) is 0 Å². The van der Waals surface area contributed by atoms with E-state index in [2.05, 4.69) is 30.7 Å². The highest BCUT2D eigenvalue weighted by Gasteiger charge is 2.08. The summed E-state index contributed by atoms with van der Waals surface area (Å²) in [6, 6.07) is -0.0897. The van der Waals surface area contributed by atoms with Crippen molar-refractivity contribution in [2.45, 2.75) is 40.7 Å². The number of amides is 4. The fourth-order valence-electron chi connectivity index (χ4n) is 1.85. The van der Waals surface area contributed by atoms with E-state index in [1.165, 1.54) is 12.2 Å². The Hall–Kier alpha value is -3.04. The summed E-state index contributed by atoms with van der Waals surface area (Å²) in [5, 5.41) is 10.2. The lowest BCUT2D eigenvalue weighted by Crippen LogP contribution is -2.36. The lowest BCUT2D eigenvalue weighted by Gasteiger charge is -2.17. The van der Waals surface area contributed by atoms with Gasteiger partial charge >= 0.3 is 12.2 Å². The molecule has 10 nitrogen and oxygen atoms in total. The van der Waals surface area contributed by atoms with E-state index in [9.17, 15) is 19.2 Å². The standard InChI is InChI=1S/C17H28N4O6/c1-6-26-16(24)20-14(22)8-11(3)18-10-13(5)19-12(4)9-15(23)21-17(25)27-7-2/h8-9,13,18-19H,6-7,10H2,1-5H3,(H,20,22,24)(H,21,23,25)/b11-8+,12-9+/t13-/m0/s1. The van der Waals surface area contributed by atoms with E-state index >= 15 is 0 Å². The number of hydrogen-bond donors (Lipinski definition) is 4. The molecule has 4 amide bonds. The average Bonchev–Trinajstić information content (AvgIpc) is 2.52. The highest BCUT2D eigenvalue weighted by atomic mass is 16.6. The van der Waals surface area contributed by atoms with Gasteiger partial charge in [-0.05, 0) is 34.6 Å². The Kier molecular flexibility index (Phi) is 11.7. The predicted octanol–water partition coefficient (Wildman–Crippen LogP) is 0.907. The van der Waals surface area contributed by atoms with Crippen LogP contribution in [0, 0.1) is 0 Å². The van der Waals surface area contributed by atoms with Gasteiger partial charge in [0.25, 0.3) is 11.8 Å². The molecule has 0 aliphatic heterocycles. The van der Waals surface area contributed by atoms with E-state index in [4.69, 9.17) is 0 Å². The van der Waals surface area contributed by atoms with Crippen LogP contribution in [-0.2, 0) is 19.1 Å². The van der Waals surface area contributed by atoms with Gasteiger partial charge in [-0.2, -0.15) is 0 Å². The highest BCUT2D eigenvalue weighted by molar-refractivity contribution is 5.99. The van der Waals surface area contributed by atoms with Crippen LogP contribution in [0.2, 0.25) is 0 Å². The molecule has 4 N–H and O–H groups in total. The van der Waals surface area contributed by atoms with Gasteiger partial charge in [0.15, 0.2) is 0 Å². The molecule has 152 valence electrons. The molecule has 1 atom stereocenters. The molecule has 0 aliphatic rings. The normalized spacial score (nSPS) is 12.5. The van der Waals surface area contributed by atoms with E-state index in [1.807, 2.05) is 6.92 Å². The van der Waals surface area contributed by atoms with Gasteiger partial charge in [-0.1, -0.05) is 0 Å². The molecule has 27 heavy (non-hydrogen) atoms. The van der Waals surface area contributed by atoms with E-state index in [0.717, 1.165) is 0 Å². The van der Waals surface area contributed by atoms with Crippen molar-refractivity contribution in [2.75, 3.05) is 19.8 Å². The molecule has 0 unspecified atom stereocenters. The minimum Gasteiger partial charge on any atom is -0.450 e. The predicted molar refractivity (Wildman–Crippen MR) is 98.4 cm³/mol. The quantitative estimate of drug-likeness (QED) is 0.431. The van der Waals surface area contributed by atoms with Crippen molar-refractivity contribution in [1.82, 2.24) is 21.3 Å². The molecule has 0 aliphatic carbocycles. The second-order valence-electron chi connectivity index (χ2n) is 5.50. The van der Waals surface area contributed by atoms with Crippen LogP contribution in [0.3, 0.4) is 0 Å². The third-order valence-corrected chi connectivity index (χ3v) is 2.86. The Morgan fingerprint density at radius 1 is 0.852 bits per heavy atom. The third kappa shape index (κ3) is 12.9. The van der Waals surface area contributed by atoms with Crippen LogP contribution in [-0.4, -0.2) is 49.8 Å². The molecule has 0 aromatic heterocycles. The fourth-order valence-corrected chi connectivity index (χ4v) is 1.85. The summed E-state index contributed by atoms with van der Waals surface area (Å²) in [4.78, 5) is 45.5. The van der Waals surface area contributed by atoms with E-state index in [1.54, 1.807) is 27.7 Å². The molecule has 0 rings (SSSR count). The highest BCUT2D eigenvalue weighted by Crippen LogP contribution is 1.94. The Morgan fingerprint density at radius 2 is 1.30 bits per heavy atom. The van der Waals surface area contributed by atoms with Crippen molar-refractivity contribution < 1.29 is 28.7 Å². The average molecular weight is 384 g/mol. The first-order valence-electron chi connectivity index (χ1n) is 8.50. The zero-order chi connectivity index (χ0) is 20.8. The maximum Gasteiger partial charge on any atom is 0.414 e. The number of rotatable bonds is 9. The van der Waals surface area contributed by atoms with Crippen molar-refractivity contribution in [1.29, 1.82) is 0 Å². The second-order valence-corrected chi connectivity index (χ2v) is 5.50. The Labute approximate surface area is 158 Å². The molecule has 0 saturated carbocycles. The number of carbonyl (C=O) groups is 4. The molecular weight excluding hydrogens is 356 g/mol. The van der Waals surface area contributed by atoms with Crippen LogP contribution >= 0.6 is 0 Å². The monoisotopic (exact) mass is 384 g/mol. The lowest BCUT2D eigenvalue weighted by molar-refractivity contribution is -0.116. The molecule has 0 bridgehead atoms. The molecular formula is C17H28N4O6. The summed E-state index contributed by atoms with van der Waals surface area (Å²) in [5.41, 5.74) is 1.10. The Balaban J connectivity index is 4.35. The topological polar surface area (TPSA) is 135 Å². The summed E-state index contributed by atoms with van der Waals surface area (Å²) < 4.78 is 9.22. The zero-order valence-electron chi connectivity index (χ0n) is 16.3. The lowest BCUT2D eigenvalue weighted by atomic mass is 10.3. The van der Waals surface area contributed by atoms with E-state index < -0.39 is 24.0 Å². The maximum absolute atomic E-state index is 11.6. The van der Waals surface area contributed by atoms with Crippen molar-refractivity contribution in [3.63, 3.8) is 0 Å². The second kappa shape index (κ2) is 13.2. The summed E-state index contributed by atoms with van der Waals surface area (Å²) in [6.07, 6.45) is 0.869. The Morgan fingerprint density at radius 3 is 1.74 bits per heavy atom. The summed E-state index contributed by atoms with van der Waals surface area (Å²) in [5.74, 6) is -1.18. The van der Waals surface area contributed by atoms with Gasteiger partial charge < -0.3 is 20.1 Å². The van der Waals surface area contributed by atoms with Gasteiger partial charge in [-0.15, -0.1) is 0 Å². The van der Waals surface area contributed by atoms with Gasteiger partial charge in [0.05, 0.1) is 13.2 Å². The van der Waals surface area contributed by atoms with E-state index in [-0.39, 0.29) is 19.3 Å². The van der Waals surface area contributed by atoms with Crippen LogP contribution in [0.25, 0.3) is 0 Å². The van der Waals surface area contributed by atoms with Gasteiger partial charge in [0, 0.05) is 36.1 Å².